The fraction of sp³-hybridized carbons (Fsp3) is 0.667. The zero-order valence-electron chi connectivity index (χ0n) is 11.4. The Bertz CT molecular complexity index is 405. The largest absolute Gasteiger partial charge is 0.370 e. The molecule has 1 unspecified atom stereocenters. The summed E-state index contributed by atoms with van der Waals surface area (Å²) in [6.45, 7) is 8.90. The molecule has 96 valence electrons. The topological polar surface area (TPSA) is 68.2 Å². The lowest BCUT2D eigenvalue weighted by molar-refractivity contribution is 0.649. The van der Waals surface area contributed by atoms with Gasteiger partial charge in [-0.2, -0.15) is 5.10 Å². The summed E-state index contributed by atoms with van der Waals surface area (Å²) in [7, 11) is 1.97. The maximum atomic E-state index is 5.74. The number of nitrogens with one attached hydrogen (secondary N) is 1. The van der Waals surface area contributed by atoms with Gasteiger partial charge in [-0.3, -0.25) is 9.67 Å². The minimum absolute atomic E-state index is 0.256. The van der Waals surface area contributed by atoms with E-state index in [1.165, 1.54) is 11.3 Å². The van der Waals surface area contributed by atoms with Crippen molar-refractivity contribution in [2.24, 2.45) is 17.8 Å². The maximum absolute atomic E-state index is 5.74. The number of nitrogens with zero attached hydrogens (tertiary/aromatic N) is 3. The van der Waals surface area contributed by atoms with Crippen LogP contribution in [0, 0.1) is 13.8 Å². The molecule has 17 heavy (non-hydrogen) atoms. The van der Waals surface area contributed by atoms with Gasteiger partial charge in [-0.25, -0.2) is 0 Å². The van der Waals surface area contributed by atoms with E-state index in [9.17, 15) is 0 Å². The van der Waals surface area contributed by atoms with Crippen LogP contribution in [0.15, 0.2) is 4.99 Å². The van der Waals surface area contributed by atoms with Crippen molar-refractivity contribution in [3.63, 3.8) is 0 Å². The van der Waals surface area contributed by atoms with Gasteiger partial charge in [-0.05, 0) is 39.7 Å². The van der Waals surface area contributed by atoms with Gasteiger partial charge in [-0.15, -0.1) is 0 Å². The van der Waals surface area contributed by atoms with Gasteiger partial charge in [-0.1, -0.05) is 0 Å². The van der Waals surface area contributed by atoms with Crippen molar-refractivity contribution in [2.45, 2.75) is 40.2 Å². The molecule has 1 aromatic heterocycles. The molecular formula is C12H23N5. The Kier molecular flexibility index (Phi) is 4.54. The van der Waals surface area contributed by atoms with Gasteiger partial charge < -0.3 is 11.1 Å². The van der Waals surface area contributed by atoms with Crippen molar-refractivity contribution >= 4 is 5.96 Å². The van der Waals surface area contributed by atoms with Crippen LogP contribution in [0.2, 0.25) is 0 Å². The van der Waals surface area contributed by atoms with Gasteiger partial charge in [0.1, 0.15) is 0 Å². The molecule has 0 aliphatic heterocycles. The van der Waals surface area contributed by atoms with Crippen molar-refractivity contribution in [1.82, 2.24) is 15.1 Å². The quantitative estimate of drug-likeness (QED) is 0.603. The van der Waals surface area contributed by atoms with Gasteiger partial charge >= 0.3 is 0 Å². The number of aromatic nitrogens is 2. The molecule has 1 heterocycles. The van der Waals surface area contributed by atoms with Crippen LogP contribution in [-0.2, 0) is 13.5 Å². The summed E-state index contributed by atoms with van der Waals surface area (Å²) in [5.74, 6) is 0.513. The second kappa shape index (κ2) is 5.70. The maximum Gasteiger partial charge on any atom is 0.188 e. The summed E-state index contributed by atoms with van der Waals surface area (Å²) in [5.41, 5.74) is 9.32. The van der Waals surface area contributed by atoms with E-state index in [4.69, 9.17) is 5.73 Å². The monoisotopic (exact) mass is 237 g/mol. The first-order valence-corrected chi connectivity index (χ1v) is 6.01. The zero-order valence-corrected chi connectivity index (χ0v) is 11.4. The van der Waals surface area contributed by atoms with E-state index in [2.05, 4.69) is 29.3 Å². The number of hydrogen-bond donors (Lipinski definition) is 2. The fourth-order valence-electron chi connectivity index (χ4n) is 1.94. The van der Waals surface area contributed by atoms with Gasteiger partial charge in [0.25, 0.3) is 0 Å². The van der Waals surface area contributed by atoms with Crippen LogP contribution in [0.1, 0.15) is 30.8 Å². The summed E-state index contributed by atoms with van der Waals surface area (Å²) in [4.78, 5) is 4.12. The van der Waals surface area contributed by atoms with Crippen LogP contribution in [0.3, 0.4) is 0 Å². The van der Waals surface area contributed by atoms with Crippen LogP contribution < -0.4 is 11.1 Å². The SMILES string of the molecule is CCN=C(N)NC(C)Cc1c(C)nn(C)c1C. The predicted octanol–water partition coefficient (Wildman–Crippen LogP) is 0.892. The molecule has 1 atom stereocenters. The number of rotatable bonds is 4. The number of hydrogen-bond acceptors (Lipinski definition) is 2. The first-order chi connectivity index (χ1) is 7.95. The molecule has 0 spiro atoms. The first kappa shape index (κ1) is 13.5. The van der Waals surface area contributed by atoms with Crippen LogP contribution in [0.4, 0.5) is 0 Å². The van der Waals surface area contributed by atoms with E-state index in [1.54, 1.807) is 0 Å². The molecule has 0 bridgehead atoms. The predicted molar refractivity (Wildman–Crippen MR) is 71.1 cm³/mol. The van der Waals surface area contributed by atoms with Gasteiger partial charge in [0.05, 0.1) is 5.69 Å². The fourth-order valence-corrected chi connectivity index (χ4v) is 1.94. The molecule has 0 amide bonds. The van der Waals surface area contributed by atoms with E-state index in [0.29, 0.717) is 12.5 Å². The summed E-state index contributed by atoms with van der Waals surface area (Å²) in [6.07, 6.45) is 0.908. The average Bonchev–Trinajstić information content (AvgIpc) is 2.45. The number of nitrogens with two attached hydrogens (primary N) is 1. The molecule has 0 radical (unpaired) electrons. The molecule has 0 saturated heterocycles. The van der Waals surface area contributed by atoms with E-state index in [-0.39, 0.29) is 6.04 Å². The van der Waals surface area contributed by atoms with Gasteiger partial charge in [0, 0.05) is 25.3 Å². The Balaban J connectivity index is 2.68. The molecular weight excluding hydrogens is 214 g/mol. The smallest absolute Gasteiger partial charge is 0.188 e. The normalized spacial score (nSPS) is 13.8. The third-order valence-corrected chi connectivity index (χ3v) is 2.89. The molecule has 5 nitrogen and oxygen atoms in total. The van der Waals surface area contributed by atoms with Crippen LogP contribution >= 0.6 is 0 Å². The second-order valence-corrected chi connectivity index (χ2v) is 4.38. The lowest BCUT2D eigenvalue weighted by Gasteiger charge is -2.14. The van der Waals surface area contributed by atoms with E-state index < -0.39 is 0 Å². The summed E-state index contributed by atoms with van der Waals surface area (Å²) in [5, 5.41) is 7.59. The second-order valence-electron chi connectivity index (χ2n) is 4.38. The highest BCUT2D eigenvalue weighted by Gasteiger charge is 2.13. The average molecular weight is 237 g/mol. The Morgan fingerprint density at radius 3 is 2.65 bits per heavy atom. The molecule has 1 rings (SSSR count). The highest BCUT2D eigenvalue weighted by Crippen LogP contribution is 2.13. The molecule has 0 aromatic carbocycles. The highest BCUT2D eigenvalue weighted by molar-refractivity contribution is 5.78. The Hall–Kier alpha value is -1.52. The Labute approximate surface area is 103 Å². The van der Waals surface area contributed by atoms with Gasteiger partial charge in [0.15, 0.2) is 5.96 Å². The molecule has 0 saturated carbocycles. The van der Waals surface area contributed by atoms with Crippen molar-refractivity contribution in [2.75, 3.05) is 6.54 Å². The number of aryl methyl sites for hydroxylation is 2. The first-order valence-electron chi connectivity index (χ1n) is 6.01. The third kappa shape index (κ3) is 3.47. The van der Waals surface area contributed by atoms with Crippen molar-refractivity contribution < 1.29 is 0 Å². The standard InChI is InChI=1S/C12H23N5/c1-6-14-12(13)15-8(2)7-11-9(3)16-17(5)10(11)4/h8H,6-7H2,1-5H3,(H3,13,14,15). The van der Waals surface area contributed by atoms with Crippen LogP contribution in [0.25, 0.3) is 0 Å². The van der Waals surface area contributed by atoms with Crippen molar-refractivity contribution in [1.29, 1.82) is 0 Å². The molecule has 0 fully saturated rings. The highest BCUT2D eigenvalue weighted by atomic mass is 15.3. The molecule has 0 aliphatic carbocycles. The molecule has 3 N–H and O–H groups in total. The van der Waals surface area contributed by atoms with Crippen molar-refractivity contribution in [3.05, 3.63) is 17.0 Å². The van der Waals surface area contributed by atoms with Crippen LogP contribution in [0.5, 0.6) is 0 Å². The number of guanidine groups is 1. The van der Waals surface area contributed by atoms with E-state index >= 15 is 0 Å². The molecule has 1 aromatic rings. The van der Waals surface area contributed by atoms with Crippen LogP contribution in [-0.4, -0.2) is 28.3 Å². The summed E-state index contributed by atoms with van der Waals surface area (Å²) < 4.78 is 1.92. The summed E-state index contributed by atoms with van der Waals surface area (Å²) >= 11 is 0. The Morgan fingerprint density at radius 2 is 2.18 bits per heavy atom. The van der Waals surface area contributed by atoms with E-state index in [1.807, 2.05) is 25.6 Å². The molecule has 5 heteroatoms. The summed E-state index contributed by atoms with van der Waals surface area (Å²) in [6, 6.07) is 0.256. The minimum Gasteiger partial charge on any atom is -0.370 e. The third-order valence-electron chi connectivity index (χ3n) is 2.89. The lowest BCUT2D eigenvalue weighted by atomic mass is 10.1. The zero-order chi connectivity index (χ0) is 13.0. The lowest BCUT2D eigenvalue weighted by Crippen LogP contribution is -2.39. The minimum atomic E-state index is 0.256. The van der Waals surface area contributed by atoms with Crippen molar-refractivity contribution in [3.8, 4) is 0 Å². The molecule has 0 aliphatic rings. The Morgan fingerprint density at radius 1 is 1.53 bits per heavy atom. The number of aliphatic imine (C=N–C) groups is 1. The van der Waals surface area contributed by atoms with Gasteiger partial charge in [0.2, 0.25) is 0 Å². The van der Waals surface area contributed by atoms with E-state index in [0.717, 1.165) is 12.1 Å².